The Morgan fingerprint density at radius 3 is 2.48 bits per heavy atom. The Labute approximate surface area is 247 Å². The lowest BCUT2D eigenvalue weighted by molar-refractivity contribution is -0.139. The first-order valence-electron chi connectivity index (χ1n) is 13.3. The average molecular weight is 596 g/mol. The summed E-state index contributed by atoms with van der Waals surface area (Å²) in [6.45, 7) is 6.23. The number of nitrogens with one attached hydrogen (secondary N) is 3. The maximum Gasteiger partial charge on any atom is 0.326 e. The van der Waals surface area contributed by atoms with Gasteiger partial charge >= 0.3 is 5.97 Å². The molecule has 0 spiro atoms. The van der Waals surface area contributed by atoms with Gasteiger partial charge in [-0.1, -0.05) is 23.3 Å². The summed E-state index contributed by atoms with van der Waals surface area (Å²) in [6.07, 6.45) is 7.32. The van der Waals surface area contributed by atoms with Crippen molar-refractivity contribution in [2.45, 2.75) is 59.0 Å². The predicted octanol–water partition coefficient (Wildman–Crippen LogP) is 3.94. The van der Waals surface area contributed by atoms with Crippen LogP contribution < -0.4 is 21.9 Å². The number of aromatic amines is 1. The van der Waals surface area contributed by atoms with Crippen molar-refractivity contribution in [3.63, 3.8) is 0 Å². The monoisotopic (exact) mass is 595 g/mol. The number of carbonyl (C=O) groups excluding carboxylic acids is 2. The number of H-pyrrole nitrogens is 1. The number of rotatable bonds is 14. The molecule has 2 heterocycles. The van der Waals surface area contributed by atoms with Crippen molar-refractivity contribution >= 4 is 51.5 Å². The summed E-state index contributed by atoms with van der Waals surface area (Å²) in [4.78, 5) is 63.5. The van der Waals surface area contributed by atoms with Crippen LogP contribution in [0.25, 0.3) is 11.2 Å². The molecule has 1 amide bonds. The largest absolute Gasteiger partial charge is 0.480 e. The summed E-state index contributed by atoms with van der Waals surface area (Å²) in [7, 11) is 0. The number of amides is 1. The smallest absolute Gasteiger partial charge is 0.326 e. The number of nitrogens with zero attached hydrogens (tertiary/aromatic N) is 3. The third kappa shape index (κ3) is 9.51. The van der Waals surface area contributed by atoms with Gasteiger partial charge in [-0.15, -0.1) is 0 Å². The molecule has 0 fully saturated rings. The number of anilines is 2. The summed E-state index contributed by atoms with van der Waals surface area (Å²) < 4.78 is 0. The van der Waals surface area contributed by atoms with Crippen LogP contribution in [0.1, 0.15) is 62.5 Å². The highest BCUT2D eigenvalue weighted by molar-refractivity contribution is 6.64. The first kappa shape index (κ1) is 31.9. The number of nitrogens with two attached hydrogens (primary N) is 1. The molecule has 2 atom stereocenters. The van der Waals surface area contributed by atoms with Crippen LogP contribution in [-0.2, 0) is 16.1 Å². The molecule has 6 N–H and O–H groups in total. The zero-order valence-electron chi connectivity index (χ0n) is 23.6. The van der Waals surface area contributed by atoms with Crippen LogP contribution in [0.4, 0.5) is 11.6 Å². The minimum absolute atomic E-state index is 0.0488. The number of nitrogen functional groups attached to an aromatic ring is 1. The Hall–Kier alpha value is -4.58. The molecule has 12 nitrogen and oxygen atoms in total. The van der Waals surface area contributed by atoms with Crippen molar-refractivity contribution in [1.29, 1.82) is 0 Å². The van der Waals surface area contributed by atoms with Crippen LogP contribution in [0.3, 0.4) is 0 Å². The lowest BCUT2D eigenvalue weighted by Crippen LogP contribution is -2.42. The van der Waals surface area contributed by atoms with E-state index in [-0.39, 0.29) is 42.1 Å². The molecule has 2 aromatic heterocycles. The SMILES string of the molecule is CC(C)=CCC/C(C)=C/CC(C[C@H](NC(=O)c1ccc(NCc2cnc3nc(N)[nH]c(=O)c3n2)cc1)C(=O)O)C(=O)Cl. The lowest BCUT2D eigenvalue weighted by Gasteiger charge is -2.19. The van der Waals surface area contributed by atoms with Gasteiger partial charge in [0.2, 0.25) is 11.2 Å². The maximum atomic E-state index is 12.8. The van der Waals surface area contributed by atoms with Crippen molar-refractivity contribution in [2.75, 3.05) is 11.1 Å². The van der Waals surface area contributed by atoms with Crippen LogP contribution in [0.2, 0.25) is 0 Å². The third-order valence-corrected chi connectivity index (χ3v) is 6.70. The zero-order chi connectivity index (χ0) is 30.8. The van der Waals surface area contributed by atoms with E-state index in [1.807, 2.05) is 26.8 Å². The van der Waals surface area contributed by atoms with E-state index in [0.29, 0.717) is 11.4 Å². The number of carboxylic acids is 1. The highest BCUT2D eigenvalue weighted by Crippen LogP contribution is 2.20. The molecule has 222 valence electrons. The van der Waals surface area contributed by atoms with Gasteiger partial charge in [-0.25, -0.2) is 14.8 Å². The Balaban J connectivity index is 1.59. The number of allylic oxidation sites excluding steroid dienone is 4. The molecule has 13 heteroatoms. The van der Waals surface area contributed by atoms with E-state index in [0.717, 1.165) is 18.4 Å². The van der Waals surface area contributed by atoms with Gasteiger partial charge in [0.25, 0.3) is 11.5 Å². The standard InChI is InChI=1S/C29H34ClN7O5/c1-16(2)5-4-6-17(3)7-8-19(24(30)38)13-22(28(41)42)35-26(39)18-9-11-20(12-10-18)32-14-21-15-33-25-23(34-21)27(40)37-29(31)36-25/h5,7,9-12,15,19,22,32H,4,6,8,13-14H2,1-3H3,(H,35,39)(H,41,42)(H3,31,33,36,37,40)/b17-7+/t19?,22-/m0/s1. The fourth-order valence-corrected chi connectivity index (χ4v) is 4.23. The van der Waals surface area contributed by atoms with E-state index in [1.54, 1.807) is 12.1 Å². The Bertz CT molecular complexity index is 1560. The number of carboxylic acid groups (broad SMARTS) is 1. The van der Waals surface area contributed by atoms with Crippen molar-refractivity contribution in [2.24, 2.45) is 5.92 Å². The molecule has 0 radical (unpaired) electrons. The third-order valence-electron chi connectivity index (χ3n) is 6.39. The van der Waals surface area contributed by atoms with E-state index >= 15 is 0 Å². The molecular formula is C29H34ClN7O5. The Morgan fingerprint density at radius 2 is 1.83 bits per heavy atom. The van der Waals surface area contributed by atoms with Gasteiger partial charge < -0.3 is 21.5 Å². The van der Waals surface area contributed by atoms with Gasteiger partial charge in [-0.05, 0) is 82.3 Å². The molecule has 0 aliphatic heterocycles. The average Bonchev–Trinajstić information content (AvgIpc) is 2.93. The minimum atomic E-state index is -1.30. The molecule has 0 aliphatic carbocycles. The van der Waals surface area contributed by atoms with E-state index < -0.39 is 34.6 Å². The molecule has 42 heavy (non-hydrogen) atoms. The highest BCUT2D eigenvalue weighted by atomic mass is 35.5. The molecule has 3 rings (SSSR count). The van der Waals surface area contributed by atoms with Crippen LogP contribution in [0.5, 0.6) is 0 Å². The molecular weight excluding hydrogens is 562 g/mol. The number of hydrogen-bond donors (Lipinski definition) is 5. The number of aliphatic carboxylic acids is 1. The summed E-state index contributed by atoms with van der Waals surface area (Å²) in [5.74, 6) is -2.68. The zero-order valence-corrected chi connectivity index (χ0v) is 24.4. The minimum Gasteiger partial charge on any atom is -0.480 e. The topological polar surface area (TPSA) is 193 Å². The lowest BCUT2D eigenvalue weighted by atomic mass is 9.95. The molecule has 0 bridgehead atoms. The number of halogens is 1. The van der Waals surface area contributed by atoms with Crippen molar-refractivity contribution in [3.8, 4) is 0 Å². The van der Waals surface area contributed by atoms with Gasteiger partial charge in [0.05, 0.1) is 18.4 Å². The molecule has 0 saturated carbocycles. The summed E-state index contributed by atoms with van der Waals surface area (Å²) >= 11 is 5.79. The first-order chi connectivity index (χ1) is 19.9. The van der Waals surface area contributed by atoms with Crippen LogP contribution >= 0.6 is 11.6 Å². The fourth-order valence-electron chi connectivity index (χ4n) is 4.05. The van der Waals surface area contributed by atoms with Crippen LogP contribution in [-0.4, -0.2) is 48.2 Å². The Morgan fingerprint density at radius 1 is 1.12 bits per heavy atom. The van der Waals surface area contributed by atoms with Gasteiger partial charge in [0.15, 0.2) is 11.2 Å². The van der Waals surface area contributed by atoms with Crippen molar-refractivity contribution in [3.05, 3.63) is 75.4 Å². The normalized spacial score (nSPS) is 12.8. The van der Waals surface area contributed by atoms with Gasteiger partial charge in [-0.3, -0.25) is 19.4 Å². The summed E-state index contributed by atoms with van der Waals surface area (Å²) in [5.41, 5.74) is 8.88. The van der Waals surface area contributed by atoms with E-state index in [9.17, 15) is 24.3 Å². The van der Waals surface area contributed by atoms with Crippen molar-refractivity contribution in [1.82, 2.24) is 25.3 Å². The molecule has 3 aromatic rings. The highest BCUT2D eigenvalue weighted by Gasteiger charge is 2.27. The number of fused-ring (bicyclic) bond motifs is 1. The number of aromatic nitrogens is 4. The molecule has 0 aliphatic rings. The molecule has 1 aromatic carbocycles. The number of hydrogen-bond acceptors (Lipinski definition) is 9. The number of carbonyl (C=O) groups is 3. The first-order valence-corrected chi connectivity index (χ1v) is 13.7. The van der Waals surface area contributed by atoms with Gasteiger partial charge in [-0.2, -0.15) is 4.98 Å². The van der Waals surface area contributed by atoms with E-state index in [1.165, 1.54) is 23.9 Å². The van der Waals surface area contributed by atoms with E-state index in [2.05, 4.69) is 36.6 Å². The second kappa shape index (κ2) is 14.9. The summed E-state index contributed by atoms with van der Waals surface area (Å²) in [6, 6.07) is 5.04. The summed E-state index contributed by atoms with van der Waals surface area (Å²) in [5, 5.41) is 14.7. The van der Waals surface area contributed by atoms with Crippen molar-refractivity contribution < 1.29 is 19.5 Å². The van der Waals surface area contributed by atoms with Gasteiger partial charge in [0.1, 0.15) is 6.04 Å². The van der Waals surface area contributed by atoms with Gasteiger partial charge in [0, 0.05) is 17.2 Å². The number of benzene rings is 1. The second-order valence-corrected chi connectivity index (χ2v) is 10.5. The van der Waals surface area contributed by atoms with Crippen LogP contribution in [0, 0.1) is 5.92 Å². The van der Waals surface area contributed by atoms with E-state index in [4.69, 9.17) is 17.3 Å². The predicted molar refractivity (Wildman–Crippen MR) is 161 cm³/mol. The fraction of sp³-hybridized carbons (Fsp3) is 0.345. The quantitative estimate of drug-likeness (QED) is 0.134. The van der Waals surface area contributed by atoms with Crippen LogP contribution in [0.15, 0.2) is 58.6 Å². The Kier molecular flexibility index (Phi) is 11.3. The molecule has 0 saturated heterocycles. The second-order valence-electron chi connectivity index (χ2n) is 10.1. The maximum absolute atomic E-state index is 12.8. The molecule has 1 unspecified atom stereocenters.